The van der Waals surface area contributed by atoms with Gasteiger partial charge in [0, 0.05) is 12.8 Å². The van der Waals surface area contributed by atoms with Gasteiger partial charge in [-0.15, -0.1) is 0 Å². The summed E-state index contributed by atoms with van der Waals surface area (Å²) < 4.78 is 5.46. The van der Waals surface area contributed by atoms with E-state index in [-0.39, 0.29) is 18.5 Å². The molecule has 0 radical (unpaired) electrons. The van der Waals surface area contributed by atoms with Crippen molar-refractivity contribution in [3.8, 4) is 0 Å². The Morgan fingerprint density at radius 1 is 0.415 bits per heavy atom. The monoisotopic (exact) mass is 918 g/mol. The maximum atomic E-state index is 12.5. The fraction of sp³-hybridized carbons (Fsp3) is 0.932. The maximum Gasteiger partial charge on any atom is 0.305 e. The largest absolute Gasteiger partial charge is 0.466 e. The summed E-state index contributed by atoms with van der Waals surface area (Å²) in [6, 6.07) is -0.542. The van der Waals surface area contributed by atoms with E-state index >= 15 is 0 Å². The van der Waals surface area contributed by atoms with E-state index in [1.54, 1.807) is 0 Å². The molecule has 0 aliphatic heterocycles. The Labute approximate surface area is 406 Å². The van der Waals surface area contributed by atoms with Gasteiger partial charge in [0.1, 0.15) is 0 Å². The molecule has 0 rings (SSSR count). The van der Waals surface area contributed by atoms with Gasteiger partial charge in [0.2, 0.25) is 5.91 Å². The minimum Gasteiger partial charge on any atom is -0.466 e. The van der Waals surface area contributed by atoms with Gasteiger partial charge < -0.3 is 20.3 Å². The lowest BCUT2D eigenvalue weighted by atomic mass is 10.0. The first kappa shape index (κ1) is 63.6. The van der Waals surface area contributed by atoms with E-state index in [0.717, 1.165) is 44.9 Å². The molecule has 2 unspecified atom stereocenters. The van der Waals surface area contributed by atoms with E-state index in [9.17, 15) is 19.8 Å². The molecule has 0 spiro atoms. The van der Waals surface area contributed by atoms with Crippen LogP contribution in [-0.4, -0.2) is 47.4 Å². The normalized spacial score (nSPS) is 12.6. The smallest absolute Gasteiger partial charge is 0.305 e. The van der Waals surface area contributed by atoms with Crippen LogP contribution in [0.3, 0.4) is 0 Å². The highest BCUT2D eigenvalue weighted by molar-refractivity contribution is 5.76. The highest BCUT2D eigenvalue weighted by Crippen LogP contribution is 2.18. The number of hydrogen-bond donors (Lipinski definition) is 3. The lowest BCUT2D eigenvalue weighted by Crippen LogP contribution is -2.45. The van der Waals surface area contributed by atoms with Crippen molar-refractivity contribution < 1.29 is 24.5 Å². The molecule has 2 atom stereocenters. The van der Waals surface area contributed by atoms with Crippen LogP contribution < -0.4 is 5.32 Å². The molecule has 0 aromatic rings. The number of nitrogens with one attached hydrogen (secondary N) is 1. The van der Waals surface area contributed by atoms with Crippen LogP contribution >= 0.6 is 0 Å². The Kier molecular flexibility index (Phi) is 54.0. The zero-order valence-electron chi connectivity index (χ0n) is 44.0. The predicted molar refractivity (Wildman–Crippen MR) is 283 cm³/mol. The molecule has 6 nitrogen and oxygen atoms in total. The SMILES string of the molecule is CCCCC/C=C\CCCCCCCC(=O)OCCCCCCCCCCCCCCCCCCCCCCC(=O)NC(CO)C(O)CCCCCCCCCCCCCCCCCC. The first-order chi connectivity index (χ1) is 32.0. The fourth-order valence-corrected chi connectivity index (χ4v) is 9.28. The van der Waals surface area contributed by atoms with E-state index < -0.39 is 12.1 Å². The maximum absolute atomic E-state index is 12.5. The van der Waals surface area contributed by atoms with E-state index in [1.165, 1.54) is 250 Å². The van der Waals surface area contributed by atoms with Gasteiger partial charge in [-0.05, 0) is 51.4 Å². The Morgan fingerprint density at radius 2 is 0.723 bits per heavy atom. The summed E-state index contributed by atoms with van der Waals surface area (Å²) in [6.07, 6.45) is 64.9. The average molecular weight is 919 g/mol. The number of unbranched alkanes of at least 4 members (excludes halogenated alkanes) is 42. The molecular weight excluding hydrogens is 803 g/mol. The van der Waals surface area contributed by atoms with Gasteiger partial charge in [0.25, 0.3) is 0 Å². The molecule has 1 amide bonds. The van der Waals surface area contributed by atoms with Crippen LogP contribution in [0.4, 0.5) is 0 Å². The summed E-state index contributed by atoms with van der Waals surface area (Å²) in [5.41, 5.74) is 0. The van der Waals surface area contributed by atoms with Crippen molar-refractivity contribution >= 4 is 11.9 Å². The Morgan fingerprint density at radius 3 is 1.12 bits per heavy atom. The third kappa shape index (κ3) is 51.8. The number of aliphatic hydroxyl groups is 2. The van der Waals surface area contributed by atoms with Crippen molar-refractivity contribution in [2.45, 2.75) is 341 Å². The quantitative estimate of drug-likeness (QED) is 0.0321. The topological polar surface area (TPSA) is 95.9 Å². The predicted octanol–water partition coefficient (Wildman–Crippen LogP) is 18.1. The molecule has 0 heterocycles. The molecule has 6 heteroatoms. The summed E-state index contributed by atoms with van der Waals surface area (Å²) in [7, 11) is 0. The van der Waals surface area contributed by atoms with Crippen LogP contribution in [-0.2, 0) is 14.3 Å². The van der Waals surface area contributed by atoms with Crippen LogP contribution in [0.25, 0.3) is 0 Å². The van der Waals surface area contributed by atoms with Crippen molar-refractivity contribution in [1.29, 1.82) is 0 Å². The van der Waals surface area contributed by atoms with E-state index in [4.69, 9.17) is 4.74 Å². The number of amides is 1. The van der Waals surface area contributed by atoms with E-state index in [1.807, 2.05) is 0 Å². The Balaban J connectivity index is 3.39. The number of ether oxygens (including phenoxy) is 1. The van der Waals surface area contributed by atoms with Gasteiger partial charge in [-0.25, -0.2) is 0 Å². The molecule has 0 aromatic carbocycles. The lowest BCUT2D eigenvalue weighted by molar-refractivity contribution is -0.143. The zero-order chi connectivity index (χ0) is 47.2. The molecule has 0 aliphatic rings. The molecular formula is C59H115NO5. The number of carbonyl (C=O) groups excluding carboxylic acids is 2. The third-order valence-corrected chi connectivity index (χ3v) is 13.8. The standard InChI is InChI=1S/C59H115NO5/c1-3-5-7-9-11-13-15-17-18-25-28-31-35-39-43-47-51-57(62)56(55-61)60-58(63)52-48-44-40-36-32-29-26-23-21-19-20-22-24-27-30-34-38-42-46-50-54-65-59(64)53-49-45-41-37-33-16-14-12-10-8-6-4-2/h12,14,56-57,61-62H,3-11,13,15-55H2,1-2H3,(H,60,63)/b14-12-. The van der Waals surface area contributed by atoms with Crippen LogP contribution in [0.5, 0.6) is 0 Å². The van der Waals surface area contributed by atoms with Crippen molar-refractivity contribution in [1.82, 2.24) is 5.32 Å². The van der Waals surface area contributed by atoms with Crippen molar-refractivity contribution in [3.05, 3.63) is 12.2 Å². The minimum atomic E-state index is -0.665. The van der Waals surface area contributed by atoms with Gasteiger partial charge >= 0.3 is 5.97 Å². The summed E-state index contributed by atoms with van der Waals surface area (Å²) in [5.74, 6) is -0.0335. The molecule has 65 heavy (non-hydrogen) atoms. The number of hydrogen-bond acceptors (Lipinski definition) is 5. The summed E-state index contributed by atoms with van der Waals surface area (Å²) in [5, 5.41) is 23.3. The second-order valence-electron chi connectivity index (χ2n) is 20.3. The third-order valence-electron chi connectivity index (χ3n) is 13.8. The fourth-order valence-electron chi connectivity index (χ4n) is 9.28. The number of carbonyl (C=O) groups is 2. The summed E-state index contributed by atoms with van der Waals surface area (Å²) >= 11 is 0. The van der Waals surface area contributed by atoms with Crippen molar-refractivity contribution in [2.24, 2.45) is 0 Å². The second-order valence-corrected chi connectivity index (χ2v) is 20.3. The zero-order valence-corrected chi connectivity index (χ0v) is 44.0. The van der Waals surface area contributed by atoms with E-state index in [0.29, 0.717) is 25.9 Å². The minimum absolute atomic E-state index is 0.00106. The summed E-state index contributed by atoms with van der Waals surface area (Å²) in [4.78, 5) is 24.5. The van der Waals surface area contributed by atoms with Gasteiger partial charge in [0.15, 0.2) is 0 Å². The highest BCUT2D eigenvalue weighted by atomic mass is 16.5. The molecule has 0 saturated carbocycles. The van der Waals surface area contributed by atoms with Gasteiger partial charge in [0.05, 0.1) is 25.4 Å². The van der Waals surface area contributed by atoms with Crippen molar-refractivity contribution in [2.75, 3.05) is 13.2 Å². The molecule has 3 N–H and O–H groups in total. The first-order valence-corrected chi connectivity index (χ1v) is 29.4. The van der Waals surface area contributed by atoms with Gasteiger partial charge in [-0.3, -0.25) is 9.59 Å². The molecule has 0 bridgehead atoms. The molecule has 0 aromatic heterocycles. The van der Waals surface area contributed by atoms with Crippen molar-refractivity contribution in [3.63, 3.8) is 0 Å². The van der Waals surface area contributed by atoms with Crippen LogP contribution in [0, 0.1) is 0 Å². The Hall–Kier alpha value is -1.40. The molecule has 0 fully saturated rings. The average Bonchev–Trinajstić information content (AvgIpc) is 3.31. The lowest BCUT2D eigenvalue weighted by Gasteiger charge is -2.22. The van der Waals surface area contributed by atoms with Gasteiger partial charge in [-0.1, -0.05) is 276 Å². The van der Waals surface area contributed by atoms with Crippen LogP contribution in [0.15, 0.2) is 12.2 Å². The number of esters is 1. The number of rotatable bonds is 55. The number of aliphatic hydroxyl groups excluding tert-OH is 2. The van der Waals surface area contributed by atoms with Gasteiger partial charge in [-0.2, -0.15) is 0 Å². The first-order valence-electron chi connectivity index (χ1n) is 29.4. The molecule has 386 valence electrons. The second kappa shape index (κ2) is 55.2. The van der Waals surface area contributed by atoms with Crippen LogP contribution in [0.1, 0.15) is 328 Å². The summed E-state index contributed by atoms with van der Waals surface area (Å²) in [6.45, 7) is 4.94. The number of allylic oxidation sites excluding steroid dienone is 2. The molecule has 0 aliphatic carbocycles. The Bertz CT molecular complexity index is 970. The molecule has 0 saturated heterocycles. The van der Waals surface area contributed by atoms with Crippen LogP contribution in [0.2, 0.25) is 0 Å². The van der Waals surface area contributed by atoms with E-state index in [2.05, 4.69) is 31.3 Å². The highest BCUT2D eigenvalue weighted by Gasteiger charge is 2.20.